The van der Waals surface area contributed by atoms with Crippen molar-refractivity contribution >= 4 is 23.2 Å². The minimum absolute atomic E-state index is 0.0464. The molecule has 30 heavy (non-hydrogen) atoms. The molecule has 1 saturated heterocycles. The first-order chi connectivity index (χ1) is 14.2. The first-order valence-corrected chi connectivity index (χ1v) is 9.74. The van der Waals surface area contributed by atoms with Gasteiger partial charge in [0, 0.05) is 16.9 Å². The number of nitrogens with one attached hydrogen (secondary N) is 4. The van der Waals surface area contributed by atoms with Crippen LogP contribution in [-0.4, -0.2) is 51.6 Å². The van der Waals surface area contributed by atoms with E-state index in [2.05, 4.69) is 17.7 Å². The molecule has 0 saturated carbocycles. The van der Waals surface area contributed by atoms with Crippen LogP contribution in [0.25, 0.3) is 0 Å². The smallest absolute Gasteiger partial charge is 0.328 e. The van der Waals surface area contributed by atoms with Crippen molar-refractivity contribution in [1.29, 1.82) is 0 Å². The fraction of sp³-hybridized carbons (Fsp3) is 0.333. The van der Waals surface area contributed by atoms with Crippen LogP contribution in [0.5, 0.6) is 0 Å². The molecule has 0 aromatic heterocycles. The number of hydrogen-bond acceptors (Lipinski definition) is 2. The molecule has 1 fully saturated rings. The summed E-state index contributed by atoms with van der Waals surface area (Å²) in [6, 6.07) is 10.8. The Kier molecular flexibility index (Phi) is 6.73. The third-order valence-corrected chi connectivity index (χ3v) is 5.08. The fourth-order valence-corrected chi connectivity index (χ4v) is 3.35. The molecule has 0 atom stereocenters. The number of hydrogen-bond donors (Lipinski definition) is 4. The van der Waals surface area contributed by atoms with Crippen molar-refractivity contribution in [3.63, 3.8) is 0 Å². The molecule has 6 nitrogen and oxygen atoms in total. The van der Waals surface area contributed by atoms with E-state index >= 15 is 0 Å². The van der Waals surface area contributed by atoms with Crippen LogP contribution in [0, 0.1) is 0 Å². The van der Waals surface area contributed by atoms with E-state index in [0.717, 1.165) is 38.3 Å². The average molecular weight is 422 g/mol. The van der Waals surface area contributed by atoms with Crippen molar-refractivity contribution in [3.05, 3.63) is 59.7 Å². The maximum atomic E-state index is 12.8. The van der Waals surface area contributed by atoms with E-state index < -0.39 is 17.6 Å². The quantitative estimate of drug-likeness (QED) is 0.561. The zero-order valence-electron chi connectivity index (χ0n) is 16.6. The largest absolute Gasteiger partial charge is 0.416 e. The summed E-state index contributed by atoms with van der Waals surface area (Å²) >= 11 is 0. The van der Waals surface area contributed by atoms with E-state index in [1.807, 2.05) is 0 Å². The summed E-state index contributed by atoms with van der Waals surface area (Å²) in [5, 5.41) is 5.26. The summed E-state index contributed by atoms with van der Waals surface area (Å²) in [6.45, 7) is 4.26. The Morgan fingerprint density at radius 2 is 1.57 bits per heavy atom. The second-order valence-corrected chi connectivity index (χ2v) is 7.55. The van der Waals surface area contributed by atoms with Gasteiger partial charge >= 0.3 is 6.18 Å². The van der Waals surface area contributed by atoms with Gasteiger partial charge < -0.3 is 20.4 Å². The maximum absolute atomic E-state index is 12.8. The van der Waals surface area contributed by atoms with E-state index in [-0.39, 0.29) is 17.2 Å². The Bertz CT molecular complexity index is 909. The van der Waals surface area contributed by atoms with Gasteiger partial charge in [0.2, 0.25) is 0 Å². The highest BCUT2D eigenvalue weighted by Gasteiger charge is 2.30. The van der Waals surface area contributed by atoms with Gasteiger partial charge in [0.1, 0.15) is 26.2 Å². The molecule has 0 spiro atoms. The van der Waals surface area contributed by atoms with Crippen LogP contribution >= 0.6 is 0 Å². The van der Waals surface area contributed by atoms with Crippen molar-refractivity contribution in [2.75, 3.05) is 50.4 Å². The molecule has 3 rings (SSSR count). The first kappa shape index (κ1) is 21.8. The van der Waals surface area contributed by atoms with E-state index in [1.165, 1.54) is 34.1 Å². The minimum Gasteiger partial charge on any atom is -0.328 e. The highest BCUT2D eigenvalue weighted by atomic mass is 19.4. The second kappa shape index (κ2) is 9.27. The van der Waals surface area contributed by atoms with Gasteiger partial charge in [-0.25, -0.2) is 0 Å². The van der Waals surface area contributed by atoms with E-state index in [4.69, 9.17) is 0 Å². The van der Waals surface area contributed by atoms with Crippen molar-refractivity contribution < 1.29 is 32.6 Å². The molecular formula is C21H25F3N4O2+2. The summed E-state index contributed by atoms with van der Waals surface area (Å²) in [5.74, 6) is -0.696. The van der Waals surface area contributed by atoms with Crippen molar-refractivity contribution in [2.45, 2.75) is 6.18 Å². The highest BCUT2D eigenvalue weighted by Crippen LogP contribution is 2.30. The zero-order chi connectivity index (χ0) is 21.7. The monoisotopic (exact) mass is 422 g/mol. The topological polar surface area (TPSA) is 67.1 Å². The molecule has 1 aliphatic heterocycles. The summed E-state index contributed by atoms with van der Waals surface area (Å²) in [5.41, 5.74) is -0.0871. The van der Waals surface area contributed by atoms with Gasteiger partial charge in [-0.1, -0.05) is 12.1 Å². The van der Waals surface area contributed by atoms with Crippen molar-refractivity contribution in [3.8, 4) is 0 Å². The van der Waals surface area contributed by atoms with E-state index in [1.54, 1.807) is 12.1 Å². The molecule has 2 aromatic carbocycles. The predicted octanol–water partition coefficient (Wildman–Crippen LogP) is 0.309. The lowest BCUT2D eigenvalue weighted by molar-refractivity contribution is -0.999. The van der Waals surface area contributed by atoms with Gasteiger partial charge in [-0.15, -0.1) is 0 Å². The Morgan fingerprint density at radius 3 is 2.23 bits per heavy atom. The fourth-order valence-electron chi connectivity index (χ4n) is 3.35. The number of carbonyl (C=O) groups excluding carboxylic acids is 2. The third kappa shape index (κ3) is 6.04. The molecule has 4 N–H and O–H groups in total. The number of quaternary nitrogens is 2. The lowest BCUT2D eigenvalue weighted by Crippen LogP contribution is -3.27. The molecule has 1 heterocycles. The van der Waals surface area contributed by atoms with Crippen LogP contribution in [0.15, 0.2) is 48.5 Å². The van der Waals surface area contributed by atoms with Gasteiger partial charge in [0.15, 0.2) is 6.54 Å². The van der Waals surface area contributed by atoms with Crippen LogP contribution in [0.4, 0.5) is 24.5 Å². The van der Waals surface area contributed by atoms with Gasteiger partial charge in [-0.05, 0) is 36.4 Å². The third-order valence-electron chi connectivity index (χ3n) is 5.08. The number of likely N-dealkylation sites (N-methyl/N-ethyl adjacent to an activating group) is 1. The summed E-state index contributed by atoms with van der Waals surface area (Å²) in [7, 11) is 2.13. The summed E-state index contributed by atoms with van der Waals surface area (Å²) < 4.78 is 38.5. The number of halogens is 3. The van der Waals surface area contributed by atoms with Crippen LogP contribution < -0.4 is 20.4 Å². The van der Waals surface area contributed by atoms with E-state index in [0.29, 0.717) is 12.2 Å². The first-order valence-electron chi connectivity index (χ1n) is 9.74. The molecule has 0 bridgehead atoms. The Hall–Kier alpha value is -2.91. The van der Waals surface area contributed by atoms with Crippen LogP contribution in [0.2, 0.25) is 0 Å². The summed E-state index contributed by atoms with van der Waals surface area (Å²) in [4.78, 5) is 27.4. The van der Waals surface area contributed by atoms with Crippen molar-refractivity contribution in [2.24, 2.45) is 0 Å². The van der Waals surface area contributed by atoms with Gasteiger partial charge in [-0.2, -0.15) is 13.2 Å². The molecule has 1 aliphatic rings. The van der Waals surface area contributed by atoms with E-state index in [9.17, 15) is 22.8 Å². The van der Waals surface area contributed by atoms with Gasteiger partial charge in [0.25, 0.3) is 11.8 Å². The van der Waals surface area contributed by atoms with Crippen LogP contribution in [0.1, 0.15) is 15.9 Å². The highest BCUT2D eigenvalue weighted by molar-refractivity contribution is 6.05. The van der Waals surface area contributed by atoms with Gasteiger partial charge in [0.05, 0.1) is 12.6 Å². The average Bonchev–Trinajstić information content (AvgIpc) is 2.69. The molecule has 160 valence electrons. The number of carbonyl (C=O) groups is 2. The number of rotatable bonds is 5. The second-order valence-electron chi connectivity index (χ2n) is 7.55. The van der Waals surface area contributed by atoms with Gasteiger partial charge in [-0.3, -0.25) is 9.59 Å². The van der Waals surface area contributed by atoms with Crippen molar-refractivity contribution in [1.82, 2.24) is 0 Å². The standard InChI is InChI=1S/C21H23F3N4O2/c1-27-8-10-28(11-9-27)14-19(29)25-17-6-2-4-15(12-17)20(30)26-18-7-3-5-16(13-18)21(22,23)24/h2-7,12-13H,8-11,14H2,1H3,(H,25,29)(H,26,30)/p+2. The molecule has 0 radical (unpaired) electrons. The maximum Gasteiger partial charge on any atom is 0.416 e. The Morgan fingerprint density at radius 1 is 0.933 bits per heavy atom. The molecule has 0 aliphatic carbocycles. The number of alkyl halides is 3. The predicted molar refractivity (Wildman–Crippen MR) is 107 cm³/mol. The number of piperazine rings is 1. The number of amides is 2. The number of anilines is 2. The molecule has 9 heteroatoms. The zero-order valence-corrected chi connectivity index (χ0v) is 16.6. The molecule has 2 aromatic rings. The minimum atomic E-state index is -4.49. The summed E-state index contributed by atoms with van der Waals surface area (Å²) in [6.07, 6.45) is -4.49. The molecule has 2 amide bonds. The molecule has 0 unspecified atom stereocenters. The number of benzene rings is 2. The Labute approximate surface area is 172 Å². The normalized spacial score (nSPS) is 19.2. The van der Waals surface area contributed by atoms with Crippen LogP contribution in [0.3, 0.4) is 0 Å². The SMILES string of the molecule is C[NH+]1CC[NH+](CC(=O)Nc2cccc(C(=O)Nc3cccc(C(F)(F)F)c3)c2)CC1. The lowest BCUT2D eigenvalue weighted by Gasteiger charge is -2.26. The lowest BCUT2D eigenvalue weighted by atomic mass is 10.1. The van der Waals surface area contributed by atoms with Crippen LogP contribution in [-0.2, 0) is 11.0 Å². The molecular weight excluding hydrogens is 397 g/mol. The Balaban J connectivity index is 1.60.